The quantitative estimate of drug-likeness (QED) is 0.555. The van der Waals surface area contributed by atoms with Crippen LogP contribution in [0.25, 0.3) is 0 Å². The molecule has 3 aliphatic heterocycles. The number of piperidine rings is 1. The molecule has 1 atom stereocenters. The fraction of sp³-hybridized carbons (Fsp3) is 0.682. The van der Waals surface area contributed by atoms with Crippen molar-refractivity contribution in [3.05, 3.63) is 29.8 Å². The van der Waals surface area contributed by atoms with Gasteiger partial charge in [0, 0.05) is 57.9 Å². The van der Waals surface area contributed by atoms with E-state index < -0.39 is 0 Å². The van der Waals surface area contributed by atoms with E-state index in [-0.39, 0.29) is 17.5 Å². The average molecular weight is 404 g/mol. The van der Waals surface area contributed by atoms with E-state index in [1.165, 1.54) is 11.3 Å². The lowest BCUT2D eigenvalue weighted by Gasteiger charge is -2.36. The molecule has 28 heavy (non-hydrogen) atoms. The molecule has 0 N–H and O–H groups in total. The summed E-state index contributed by atoms with van der Waals surface area (Å²) in [4.78, 5) is 17.6. The molecular weight excluding hydrogens is 370 g/mol. The maximum Gasteiger partial charge on any atom is 0.312 e. The fourth-order valence-electron chi connectivity index (χ4n) is 4.82. The highest BCUT2D eigenvalue weighted by Crippen LogP contribution is 2.44. The molecule has 3 heterocycles. The molecule has 3 saturated heterocycles. The summed E-state index contributed by atoms with van der Waals surface area (Å²) in [5.41, 5.74) is 2.44. The number of benzene rings is 1. The third-order valence-electron chi connectivity index (χ3n) is 6.80. The highest BCUT2D eigenvalue weighted by molar-refractivity contribution is 7.96. The molecule has 0 saturated carbocycles. The van der Waals surface area contributed by atoms with Gasteiger partial charge in [0.25, 0.3) is 0 Å². The van der Waals surface area contributed by atoms with Crippen LogP contribution >= 0.6 is 11.9 Å². The van der Waals surface area contributed by atoms with E-state index in [0.717, 1.165) is 71.5 Å². The maximum absolute atomic E-state index is 12.6. The first-order valence-electron chi connectivity index (χ1n) is 10.6. The van der Waals surface area contributed by atoms with Gasteiger partial charge in [0.15, 0.2) is 0 Å². The summed E-state index contributed by atoms with van der Waals surface area (Å²) in [5.74, 6) is 0.0717. The van der Waals surface area contributed by atoms with E-state index in [1.807, 2.05) is 0 Å². The lowest BCUT2D eigenvalue weighted by molar-refractivity contribution is -0.150. The van der Waals surface area contributed by atoms with Gasteiger partial charge in [0.1, 0.15) is 6.10 Å². The molecule has 0 bridgehead atoms. The van der Waals surface area contributed by atoms with Crippen molar-refractivity contribution in [2.75, 3.05) is 57.0 Å². The second-order valence-electron chi connectivity index (χ2n) is 8.58. The maximum atomic E-state index is 12.6. The number of piperazine rings is 1. The first-order chi connectivity index (χ1) is 13.6. The number of anilines is 1. The number of rotatable bonds is 5. The van der Waals surface area contributed by atoms with Crippen molar-refractivity contribution in [2.24, 2.45) is 5.41 Å². The van der Waals surface area contributed by atoms with Crippen LogP contribution in [0.1, 0.15) is 31.2 Å². The molecule has 6 heteroatoms. The molecule has 1 unspecified atom stereocenters. The monoisotopic (exact) mass is 403 g/mol. The highest BCUT2D eigenvalue weighted by atomic mass is 32.2. The van der Waals surface area contributed by atoms with Crippen LogP contribution in [0.5, 0.6) is 0 Å². The minimum Gasteiger partial charge on any atom is -0.462 e. The Morgan fingerprint density at radius 2 is 1.75 bits per heavy atom. The second-order valence-corrected chi connectivity index (χ2v) is 9.46. The van der Waals surface area contributed by atoms with Gasteiger partial charge in [-0.2, -0.15) is 0 Å². The Morgan fingerprint density at radius 1 is 1.07 bits per heavy atom. The molecule has 3 fully saturated rings. The van der Waals surface area contributed by atoms with Crippen molar-refractivity contribution in [3.8, 4) is 0 Å². The molecule has 1 spiro atoms. The summed E-state index contributed by atoms with van der Waals surface area (Å²) in [6.45, 7) is 9.49. The molecule has 4 rings (SSSR count). The van der Waals surface area contributed by atoms with E-state index in [9.17, 15) is 4.79 Å². The Kier molecular flexibility index (Phi) is 6.18. The first-order valence-corrected chi connectivity index (χ1v) is 11.8. The molecule has 0 aliphatic carbocycles. The van der Waals surface area contributed by atoms with Crippen LogP contribution in [0.3, 0.4) is 0 Å². The van der Waals surface area contributed by atoms with E-state index in [1.54, 1.807) is 11.9 Å². The molecule has 1 aromatic carbocycles. The summed E-state index contributed by atoms with van der Waals surface area (Å²) in [6, 6.07) is 8.83. The van der Waals surface area contributed by atoms with Crippen molar-refractivity contribution in [1.82, 2.24) is 9.21 Å². The topological polar surface area (TPSA) is 36.0 Å². The predicted octanol–water partition coefficient (Wildman–Crippen LogP) is 3.18. The van der Waals surface area contributed by atoms with Crippen molar-refractivity contribution in [3.63, 3.8) is 0 Å². The largest absolute Gasteiger partial charge is 0.462 e. The average Bonchev–Trinajstić information content (AvgIpc) is 3.03. The summed E-state index contributed by atoms with van der Waals surface area (Å²) in [7, 11) is 0. The summed E-state index contributed by atoms with van der Waals surface area (Å²) in [5, 5.41) is 0. The van der Waals surface area contributed by atoms with Crippen LogP contribution in [0.15, 0.2) is 24.3 Å². The molecule has 0 radical (unpaired) electrons. The lowest BCUT2D eigenvalue weighted by Crippen LogP contribution is -2.47. The lowest BCUT2D eigenvalue weighted by atomic mass is 9.76. The number of carbonyl (C=O) groups is 1. The standard InChI is InChI=1S/C22H33N3O2S/c1-18-3-5-19(6-4-18)24-15-13-23(14-16-24)10-7-20-17-22(21(26)27-20)8-11-25(28-2)12-9-22/h3-6,20H,7-17H2,1-2H3. The zero-order valence-electron chi connectivity index (χ0n) is 17.2. The number of cyclic esters (lactones) is 1. The van der Waals surface area contributed by atoms with Crippen LogP contribution in [0.4, 0.5) is 5.69 Å². The number of nitrogens with zero attached hydrogens (tertiary/aromatic N) is 3. The Balaban J connectivity index is 1.22. The number of ether oxygens (including phenoxy) is 1. The number of hydrogen-bond acceptors (Lipinski definition) is 6. The van der Waals surface area contributed by atoms with Gasteiger partial charge in [0.05, 0.1) is 5.41 Å². The molecule has 154 valence electrons. The SMILES string of the molecule is CSN1CCC2(CC1)CC(CCN1CCN(c3ccc(C)cc3)CC1)OC2=O. The number of carbonyl (C=O) groups excluding carboxylic acids is 1. The Morgan fingerprint density at radius 3 is 2.39 bits per heavy atom. The Labute approximate surface area is 173 Å². The van der Waals surface area contributed by atoms with Crippen molar-refractivity contribution in [2.45, 2.75) is 38.7 Å². The second kappa shape index (κ2) is 8.64. The Bertz CT molecular complexity index is 665. The smallest absolute Gasteiger partial charge is 0.312 e. The highest BCUT2D eigenvalue weighted by Gasteiger charge is 2.50. The Hall–Kier alpha value is -1.24. The van der Waals surface area contributed by atoms with E-state index >= 15 is 0 Å². The van der Waals surface area contributed by atoms with Crippen LogP contribution < -0.4 is 4.90 Å². The molecule has 0 amide bonds. The minimum atomic E-state index is -0.193. The van der Waals surface area contributed by atoms with Crippen LogP contribution in [-0.2, 0) is 9.53 Å². The van der Waals surface area contributed by atoms with E-state index in [0.29, 0.717) is 0 Å². The molecule has 3 aliphatic rings. The van der Waals surface area contributed by atoms with Crippen LogP contribution in [-0.4, -0.2) is 73.3 Å². The number of hydrogen-bond donors (Lipinski definition) is 0. The summed E-state index contributed by atoms with van der Waals surface area (Å²) >= 11 is 1.79. The zero-order chi connectivity index (χ0) is 19.6. The first kappa shape index (κ1) is 20.0. The van der Waals surface area contributed by atoms with Gasteiger partial charge in [-0.3, -0.25) is 14.0 Å². The van der Waals surface area contributed by atoms with E-state index in [4.69, 9.17) is 4.74 Å². The van der Waals surface area contributed by atoms with Gasteiger partial charge in [-0.05, 0) is 44.6 Å². The predicted molar refractivity (Wildman–Crippen MR) is 116 cm³/mol. The number of aryl methyl sites for hydroxylation is 1. The third-order valence-corrected chi connectivity index (χ3v) is 7.68. The molecule has 5 nitrogen and oxygen atoms in total. The van der Waals surface area contributed by atoms with Crippen LogP contribution in [0, 0.1) is 12.3 Å². The van der Waals surface area contributed by atoms with Crippen molar-refractivity contribution in [1.29, 1.82) is 0 Å². The molecule has 0 aromatic heterocycles. The minimum absolute atomic E-state index is 0.0717. The molecular formula is C22H33N3O2S. The van der Waals surface area contributed by atoms with Gasteiger partial charge in [-0.25, -0.2) is 0 Å². The zero-order valence-corrected chi connectivity index (χ0v) is 18.0. The van der Waals surface area contributed by atoms with Crippen molar-refractivity contribution >= 4 is 23.6 Å². The van der Waals surface area contributed by atoms with Gasteiger partial charge >= 0.3 is 5.97 Å². The van der Waals surface area contributed by atoms with E-state index in [2.05, 4.69) is 51.6 Å². The van der Waals surface area contributed by atoms with Crippen molar-refractivity contribution < 1.29 is 9.53 Å². The summed E-state index contributed by atoms with van der Waals surface area (Å²) < 4.78 is 8.18. The fourth-order valence-corrected chi connectivity index (χ4v) is 5.36. The normalized spacial score (nSPS) is 26.0. The van der Waals surface area contributed by atoms with Gasteiger partial charge < -0.3 is 9.64 Å². The van der Waals surface area contributed by atoms with Gasteiger partial charge in [-0.15, -0.1) is 0 Å². The molecule has 1 aromatic rings. The van der Waals surface area contributed by atoms with Gasteiger partial charge in [0.2, 0.25) is 0 Å². The summed E-state index contributed by atoms with van der Waals surface area (Å²) in [6.07, 6.45) is 6.05. The van der Waals surface area contributed by atoms with Crippen LogP contribution in [0.2, 0.25) is 0 Å². The third kappa shape index (κ3) is 4.34. The van der Waals surface area contributed by atoms with Gasteiger partial charge in [-0.1, -0.05) is 29.6 Å². The number of esters is 1.